The van der Waals surface area contributed by atoms with E-state index in [0.717, 1.165) is 0 Å². The van der Waals surface area contributed by atoms with E-state index in [1.165, 1.54) is 6.07 Å². The molecule has 0 saturated carbocycles. The van der Waals surface area contributed by atoms with Gasteiger partial charge in [-0.3, -0.25) is 0 Å². The fourth-order valence-electron chi connectivity index (χ4n) is 1.26. The maximum atomic E-state index is 11.8. The van der Waals surface area contributed by atoms with Gasteiger partial charge < -0.3 is 14.8 Å². The van der Waals surface area contributed by atoms with E-state index in [0.29, 0.717) is 11.3 Å². The van der Waals surface area contributed by atoms with Crippen LogP contribution in [0.25, 0.3) is 0 Å². The highest BCUT2D eigenvalue weighted by Gasteiger charge is 2.27. The summed E-state index contributed by atoms with van der Waals surface area (Å²) in [5, 5.41) is 11.5. The number of carbonyl (C=O) groups is 1. The second-order valence-electron chi connectivity index (χ2n) is 3.47. The van der Waals surface area contributed by atoms with Crippen LogP contribution in [-0.4, -0.2) is 28.9 Å². The van der Waals surface area contributed by atoms with Gasteiger partial charge in [0.2, 0.25) is 5.76 Å². The fourth-order valence-corrected chi connectivity index (χ4v) is 1.74. The zero-order chi connectivity index (χ0) is 13.8. The van der Waals surface area contributed by atoms with Gasteiger partial charge >= 0.3 is 11.5 Å². The first-order valence-electron chi connectivity index (χ1n) is 5.03. The third kappa shape index (κ3) is 5.01. The SMILES string of the molecule is Cc1oc(C(=O)O)cc1CNCCSC(F)(F)F. The molecule has 1 aromatic heterocycles. The van der Waals surface area contributed by atoms with Crippen LogP contribution in [0.3, 0.4) is 0 Å². The molecule has 0 aromatic carbocycles. The summed E-state index contributed by atoms with van der Waals surface area (Å²) in [5.74, 6) is -0.985. The number of halogens is 3. The number of rotatable bonds is 6. The molecule has 102 valence electrons. The summed E-state index contributed by atoms with van der Waals surface area (Å²) in [6, 6.07) is 1.36. The molecule has 1 aromatic rings. The third-order valence-corrected chi connectivity index (χ3v) is 2.83. The van der Waals surface area contributed by atoms with Crippen molar-refractivity contribution in [3.63, 3.8) is 0 Å². The summed E-state index contributed by atoms with van der Waals surface area (Å²) in [4.78, 5) is 10.6. The van der Waals surface area contributed by atoms with Crippen molar-refractivity contribution in [2.75, 3.05) is 12.3 Å². The summed E-state index contributed by atoms with van der Waals surface area (Å²) in [6.07, 6.45) is 0. The zero-order valence-corrected chi connectivity index (χ0v) is 10.3. The minimum Gasteiger partial charge on any atom is -0.475 e. The molecule has 0 unspecified atom stereocenters. The number of alkyl halides is 3. The summed E-state index contributed by atoms with van der Waals surface area (Å²) in [5.41, 5.74) is -3.59. The Labute approximate surface area is 106 Å². The molecule has 0 amide bonds. The number of thioether (sulfide) groups is 1. The van der Waals surface area contributed by atoms with Gasteiger partial charge in [-0.25, -0.2) is 4.79 Å². The lowest BCUT2D eigenvalue weighted by Crippen LogP contribution is -2.18. The van der Waals surface area contributed by atoms with Crippen LogP contribution in [0.5, 0.6) is 0 Å². The Hall–Kier alpha value is -1.15. The third-order valence-electron chi connectivity index (χ3n) is 2.09. The summed E-state index contributed by atoms with van der Waals surface area (Å²) in [6.45, 7) is 2.06. The molecule has 4 nitrogen and oxygen atoms in total. The molecule has 0 bridgehead atoms. The van der Waals surface area contributed by atoms with E-state index in [2.05, 4.69) is 5.32 Å². The molecule has 0 radical (unpaired) electrons. The van der Waals surface area contributed by atoms with Crippen LogP contribution in [-0.2, 0) is 6.54 Å². The topological polar surface area (TPSA) is 62.5 Å². The molecule has 2 N–H and O–H groups in total. The largest absolute Gasteiger partial charge is 0.475 e. The molecule has 1 heterocycles. The predicted molar refractivity (Wildman–Crippen MR) is 60.6 cm³/mol. The van der Waals surface area contributed by atoms with E-state index in [9.17, 15) is 18.0 Å². The van der Waals surface area contributed by atoms with Crippen molar-refractivity contribution in [3.05, 3.63) is 23.2 Å². The van der Waals surface area contributed by atoms with Crippen molar-refractivity contribution in [1.29, 1.82) is 0 Å². The quantitative estimate of drug-likeness (QED) is 0.786. The van der Waals surface area contributed by atoms with Crippen molar-refractivity contribution < 1.29 is 27.5 Å². The monoisotopic (exact) mass is 283 g/mol. The zero-order valence-electron chi connectivity index (χ0n) is 9.50. The second kappa shape index (κ2) is 6.14. The number of nitrogens with one attached hydrogen (secondary N) is 1. The number of furan rings is 1. The van der Waals surface area contributed by atoms with Crippen LogP contribution in [0, 0.1) is 6.92 Å². The molecular formula is C10H12F3NO3S. The number of hydrogen-bond donors (Lipinski definition) is 2. The van der Waals surface area contributed by atoms with Crippen LogP contribution in [0.2, 0.25) is 0 Å². The van der Waals surface area contributed by atoms with E-state index in [1.807, 2.05) is 0 Å². The van der Waals surface area contributed by atoms with Gasteiger partial charge in [0.15, 0.2) is 0 Å². The van der Waals surface area contributed by atoms with Crippen LogP contribution in [0.1, 0.15) is 21.9 Å². The molecule has 1 rings (SSSR count). The fraction of sp³-hybridized carbons (Fsp3) is 0.500. The Morgan fingerprint density at radius 2 is 2.22 bits per heavy atom. The lowest BCUT2D eigenvalue weighted by atomic mass is 10.2. The molecule has 0 aliphatic carbocycles. The van der Waals surface area contributed by atoms with Crippen molar-refractivity contribution in [2.24, 2.45) is 0 Å². The molecule has 0 aliphatic heterocycles. The Bertz CT molecular complexity index is 417. The highest BCUT2D eigenvalue weighted by molar-refractivity contribution is 8.00. The highest BCUT2D eigenvalue weighted by atomic mass is 32.2. The smallest absolute Gasteiger partial charge is 0.441 e. The standard InChI is InChI=1S/C10H12F3NO3S/c1-6-7(4-8(17-6)9(15)16)5-14-2-3-18-10(11,12)13/h4,14H,2-3,5H2,1H3,(H,15,16). The van der Waals surface area contributed by atoms with Crippen molar-refractivity contribution in [1.82, 2.24) is 5.32 Å². The Balaban J connectivity index is 2.33. The molecule has 8 heteroatoms. The van der Waals surface area contributed by atoms with Crippen molar-refractivity contribution >= 4 is 17.7 Å². The second-order valence-corrected chi connectivity index (χ2v) is 4.63. The number of carboxylic acids is 1. The number of aromatic carboxylic acids is 1. The average molecular weight is 283 g/mol. The summed E-state index contributed by atoms with van der Waals surface area (Å²) < 4.78 is 40.4. The Morgan fingerprint density at radius 3 is 2.72 bits per heavy atom. The minimum atomic E-state index is -4.22. The lowest BCUT2D eigenvalue weighted by molar-refractivity contribution is -0.0327. The normalized spacial score (nSPS) is 11.8. The molecule has 0 aliphatic rings. The molecular weight excluding hydrogens is 271 g/mol. The first-order valence-corrected chi connectivity index (χ1v) is 6.02. The van der Waals surface area contributed by atoms with E-state index >= 15 is 0 Å². The number of aryl methyl sites for hydroxylation is 1. The van der Waals surface area contributed by atoms with Gasteiger partial charge in [0.25, 0.3) is 0 Å². The van der Waals surface area contributed by atoms with Crippen molar-refractivity contribution in [2.45, 2.75) is 19.0 Å². The summed E-state index contributed by atoms with van der Waals surface area (Å²) >= 11 is -0.0970. The molecule has 0 spiro atoms. The van der Waals surface area contributed by atoms with Gasteiger partial charge in [-0.2, -0.15) is 13.2 Å². The number of carboxylic acid groups (broad SMARTS) is 1. The first kappa shape index (κ1) is 14.9. The number of hydrogen-bond acceptors (Lipinski definition) is 4. The van der Waals surface area contributed by atoms with Gasteiger partial charge in [0, 0.05) is 24.4 Å². The first-order chi connectivity index (χ1) is 8.29. The van der Waals surface area contributed by atoms with E-state index in [1.54, 1.807) is 6.92 Å². The molecule has 0 fully saturated rings. The van der Waals surface area contributed by atoms with Gasteiger partial charge in [-0.1, -0.05) is 0 Å². The Kier molecular flexibility index (Phi) is 5.09. The summed E-state index contributed by atoms with van der Waals surface area (Å²) in [7, 11) is 0. The lowest BCUT2D eigenvalue weighted by Gasteiger charge is -2.06. The molecule has 0 atom stereocenters. The van der Waals surface area contributed by atoms with Gasteiger partial charge in [0.1, 0.15) is 5.76 Å². The van der Waals surface area contributed by atoms with E-state index < -0.39 is 11.5 Å². The average Bonchev–Trinajstić information content (AvgIpc) is 2.58. The van der Waals surface area contributed by atoms with Crippen LogP contribution >= 0.6 is 11.8 Å². The molecule has 18 heavy (non-hydrogen) atoms. The molecule has 0 saturated heterocycles. The van der Waals surface area contributed by atoms with Gasteiger partial charge in [0.05, 0.1) is 0 Å². The van der Waals surface area contributed by atoms with Crippen LogP contribution in [0.15, 0.2) is 10.5 Å². The van der Waals surface area contributed by atoms with Crippen LogP contribution in [0.4, 0.5) is 13.2 Å². The minimum absolute atomic E-state index is 0.0911. The van der Waals surface area contributed by atoms with E-state index in [-0.39, 0.29) is 36.4 Å². The maximum Gasteiger partial charge on any atom is 0.441 e. The van der Waals surface area contributed by atoms with Crippen molar-refractivity contribution in [3.8, 4) is 0 Å². The van der Waals surface area contributed by atoms with Crippen LogP contribution < -0.4 is 5.32 Å². The maximum absolute atomic E-state index is 11.8. The Morgan fingerprint density at radius 1 is 1.56 bits per heavy atom. The van der Waals surface area contributed by atoms with E-state index in [4.69, 9.17) is 9.52 Å². The predicted octanol–water partition coefficient (Wildman–Crippen LogP) is 2.63. The highest BCUT2D eigenvalue weighted by Crippen LogP contribution is 2.29. The van der Waals surface area contributed by atoms with Gasteiger partial charge in [-0.15, -0.1) is 0 Å². The van der Waals surface area contributed by atoms with Gasteiger partial charge in [-0.05, 0) is 24.8 Å².